The molecule has 0 saturated carbocycles. The molecule has 3 aromatic carbocycles. The maximum absolute atomic E-state index is 13.2. The highest BCUT2D eigenvalue weighted by Gasteiger charge is 2.09. The van der Waals surface area contributed by atoms with E-state index in [2.05, 4.69) is 20.6 Å². The topological polar surface area (TPSA) is 66.9 Å². The molecular weight excluding hydrogens is 415 g/mol. The maximum Gasteiger partial charge on any atom is 0.255 e. The molecule has 0 aliphatic heterocycles. The van der Waals surface area contributed by atoms with Crippen LogP contribution in [0, 0.1) is 12.7 Å². The summed E-state index contributed by atoms with van der Waals surface area (Å²) in [6.45, 7) is 1.90. The number of amides is 1. The predicted molar refractivity (Wildman–Crippen MR) is 121 cm³/mol. The van der Waals surface area contributed by atoms with E-state index in [9.17, 15) is 9.18 Å². The summed E-state index contributed by atoms with van der Waals surface area (Å²) in [7, 11) is 0. The normalized spacial score (nSPS) is 10.5. The number of carbonyl (C=O) groups excluding carboxylic acids is 1. The van der Waals surface area contributed by atoms with Gasteiger partial charge in [0, 0.05) is 33.7 Å². The van der Waals surface area contributed by atoms with Crippen molar-refractivity contribution >= 4 is 34.7 Å². The first-order valence-corrected chi connectivity index (χ1v) is 9.89. The number of benzene rings is 3. The fourth-order valence-corrected chi connectivity index (χ4v) is 3.11. The Hall–Kier alpha value is -3.77. The van der Waals surface area contributed by atoms with Gasteiger partial charge in [0.05, 0.1) is 0 Å². The summed E-state index contributed by atoms with van der Waals surface area (Å²) in [5.41, 5.74) is 3.44. The van der Waals surface area contributed by atoms with Crippen molar-refractivity contribution in [3.63, 3.8) is 0 Å². The van der Waals surface area contributed by atoms with E-state index in [1.165, 1.54) is 12.1 Å². The molecule has 1 aromatic heterocycles. The summed E-state index contributed by atoms with van der Waals surface area (Å²) >= 11 is 6.13. The molecule has 0 radical (unpaired) electrons. The van der Waals surface area contributed by atoms with E-state index >= 15 is 0 Å². The standard InChI is InChI=1S/C24H18ClFN4O/c1-15-5-10-20(14-21(15)25)29-24(31)17-3-2-4-19(13-17)28-22-11-12-27-23(30-22)16-6-8-18(26)9-7-16/h2-14H,1H3,(H,29,31)(H,27,28,30). The molecule has 0 unspecified atom stereocenters. The van der Waals surface area contributed by atoms with Gasteiger partial charge in [-0.05, 0) is 73.2 Å². The number of rotatable bonds is 5. The third-order valence-corrected chi connectivity index (χ3v) is 4.99. The summed E-state index contributed by atoms with van der Waals surface area (Å²) in [4.78, 5) is 21.3. The summed E-state index contributed by atoms with van der Waals surface area (Å²) in [6, 6.07) is 20.1. The zero-order valence-corrected chi connectivity index (χ0v) is 17.3. The molecule has 0 spiro atoms. The largest absolute Gasteiger partial charge is 0.340 e. The Morgan fingerprint density at radius 2 is 1.77 bits per heavy atom. The Labute approximate surface area is 184 Å². The van der Waals surface area contributed by atoms with Crippen LogP contribution in [0.15, 0.2) is 79.0 Å². The number of nitrogens with zero attached hydrogens (tertiary/aromatic N) is 2. The first-order valence-electron chi connectivity index (χ1n) is 9.51. The van der Waals surface area contributed by atoms with Crippen molar-refractivity contribution in [3.8, 4) is 11.4 Å². The van der Waals surface area contributed by atoms with E-state index in [0.717, 1.165) is 5.56 Å². The van der Waals surface area contributed by atoms with Gasteiger partial charge >= 0.3 is 0 Å². The zero-order chi connectivity index (χ0) is 21.8. The van der Waals surface area contributed by atoms with E-state index < -0.39 is 0 Å². The molecule has 2 N–H and O–H groups in total. The van der Waals surface area contributed by atoms with Crippen LogP contribution in [0.1, 0.15) is 15.9 Å². The van der Waals surface area contributed by atoms with Crippen molar-refractivity contribution in [2.75, 3.05) is 10.6 Å². The van der Waals surface area contributed by atoms with Crippen molar-refractivity contribution in [2.45, 2.75) is 6.92 Å². The summed E-state index contributed by atoms with van der Waals surface area (Å²) in [5.74, 6) is 0.451. The van der Waals surface area contributed by atoms with Crippen molar-refractivity contribution < 1.29 is 9.18 Å². The van der Waals surface area contributed by atoms with Crippen LogP contribution >= 0.6 is 11.6 Å². The van der Waals surface area contributed by atoms with Gasteiger partial charge < -0.3 is 10.6 Å². The van der Waals surface area contributed by atoms with E-state index in [-0.39, 0.29) is 11.7 Å². The van der Waals surface area contributed by atoms with Gasteiger partial charge in [-0.3, -0.25) is 4.79 Å². The quantitative estimate of drug-likeness (QED) is 0.391. The lowest BCUT2D eigenvalue weighted by Gasteiger charge is -2.10. The van der Waals surface area contributed by atoms with Crippen LogP contribution in [-0.4, -0.2) is 15.9 Å². The highest BCUT2D eigenvalue weighted by molar-refractivity contribution is 6.31. The Morgan fingerprint density at radius 1 is 0.968 bits per heavy atom. The van der Waals surface area contributed by atoms with Crippen molar-refractivity contribution in [2.24, 2.45) is 0 Å². The van der Waals surface area contributed by atoms with Gasteiger partial charge in [0.2, 0.25) is 0 Å². The molecule has 4 rings (SSSR count). The molecule has 31 heavy (non-hydrogen) atoms. The van der Waals surface area contributed by atoms with Gasteiger partial charge in [-0.15, -0.1) is 0 Å². The van der Waals surface area contributed by atoms with Crippen LogP contribution in [0.5, 0.6) is 0 Å². The Kier molecular flexibility index (Phi) is 5.91. The lowest BCUT2D eigenvalue weighted by atomic mass is 10.1. The van der Waals surface area contributed by atoms with Crippen molar-refractivity contribution in [1.29, 1.82) is 0 Å². The smallest absolute Gasteiger partial charge is 0.255 e. The Balaban J connectivity index is 1.51. The molecular formula is C24H18ClFN4O. The zero-order valence-electron chi connectivity index (χ0n) is 16.6. The molecule has 1 amide bonds. The van der Waals surface area contributed by atoms with Crippen molar-refractivity contribution in [1.82, 2.24) is 9.97 Å². The average molecular weight is 433 g/mol. The van der Waals surface area contributed by atoms with E-state index in [1.807, 2.05) is 19.1 Å². The SMILES string of the molecule is Cc1ccc(NC(=O)c2cccc(Nc3ccnc(-c4ccc(F)cc4)n3)c2)cc1Cl. The van der Waals surface area contributed by atoms with Crippen LogP contribution in [0.25, 0.3) is 11.4 Å². The number of halogens is 2. The first kappa shape index (κ1) is 20.5. The highest BCUT2D eigenvalue weighted by Crippen LogP contribution is 2.22. The minimum Gasteiger partial charge on any atom is -0.340 e. The highest BCUT2D eigenvalue weighted by atomic mass is 35.5. The van der Waals surface area contributed by atoms with E-state index in [0.29, 0.717) is 39.2 Å². The number of carbonyl (C=O) groups is 1. The van der Waals surface area contributed by atoms with Crippen LogP contribution < -0.4 is 10.6 Å². The Morgan fingerprint density at radius 3 is 2.55 bits per heavy atom. The molecule has 1 heterocycles. The van der Waals surface area contributed by atoms with Crippen LogP contribution in [0.3, 0.4) is 0 Å². The van der Waals surface area contributed by atoms with E-state index in [1.54, 1.807) is 54.7 Å². The number of aromatic nitrogens is 2. The first-order chi connectivity index (χ1) is 15.0. The molecule has 0 atom stereocenters. The van der Waals surface area contributed by atoms with Gasteiger partial charge in [0.25, 0.3) is 5.91 Å². The van der Waals surface area contributed by atoms with Gasteiger partial charge in [-0.25, -0.2) is 14.4 Å². The number of anilines is 3. The van der Waals surface area contributed by atoms with Gasteiger partial charge in [0.15, 0.2) is 5.82 Å². The average Bonchev–Trinajstić information content (AvgIpc) is 2.77. The second kappa shape index (κ2) is 8.93. The predicted octanol–water partition coefficient (Wildman–Crippen LogP) is 6.24. The number of aryl methyl sites for hydroxylation is 1. The summed E-state index contributed by atoms with van der Waals surface area (Å²) in [5, 5.41) is 6.61. The third-order valence-electron chi connectivity index (χ3n) is 4.58. The molecule has 0 bridgehead atoms. The van der Waals surface area contributed by atoms with Crippen LogP contribution in [0.4, 0.5) is 21.6 Å². The number of hydrogen-bond donors (Lipinski definition) is 2. The number of nitrogens with one attached hydrogen (secondary N) is 2. The molecule has 0 aliphatic rings. The number of hydrogen-bond acceptors (Lipinski definition) is 4. The lowest BCUT2D eigenvalue weighted by molar-refractivity contribution is 0.102. The molecule has 154 valence electrons. The second-order valence-corrected chi connectivity index (χ2v) is 7.30. The summed E-state index contributed by atoms with van der Waals surface area (Å²) in [6.07, 6.45) is 1.62. The van der Waals surface area contributed by atoms with Crippen LogP contribution in [0.2, 0.25) is 5.02 Å². The molecule has 0 fully saturated rings. The minimum atomic E-state index is -0.318. The van der Waals surface area contributed by atoms with Crippen molar-refractivity contribution in [3.05, 3.63) is 101 Å². The maximum atomic E-state index is 13.2. The molecule has 0 saturated heterocycles. The van der Waals surface area contributed by atoms with Gasteiger partial charge in [0.1, 0.15) is 11.6 Å². The molecule has 0 aliphatic carbocycles. The minimum absolute atomic E-state index is 0.252. The third kappa shape index (κ3) is 5.05. The fourth-order valence-electron chi connectivity index (χ4n) is 2.93. The molecule has 7 heteroatoms. The molecule has 4 aromatic rings. The van der Waals surface area contributed by atoms with Gasteiger partial charge in [-0.1, -0.05) is 23.7 Å². The van der Waals surface area contributed by atoms with Gasteiger partial charge in [-0.2, -0.15) is 0 Å². The summed E-state index contributed by atoms with van der Waals surface area (Å²) < 4.78 is 13.2. The Bertz CT molecular complexity index is 1240. The van der Waals surface area contributed by atoms with Crippen LogP contribution in [-0.2, 0) is 0 Å². The van der Waals surface area contributed by atoms with E-state index in [4.69, 9.17) is 11.6 Å². The fraction of sp³-hybridized carbons (Fsp3) is 0.0417. The molecule has 5 nitrogen and oxygen atoms in total. The lowest BCUT2D eigenvalue weighted by Crippen LogP contribution is -2.12. The second-order valence-electron chi connectivity index (χ2n) is 6.90. The monoisotopic (exact) mass is 432 g/mol.